The van der Waals surface area contributed by atoms with Crippen LogP contribution in [0.2, 0.25) is 0 Å². The van der Waals surface area contributed by atoms with Crippen molar-refractivity contribution in [3.8, 4) is 17.0 Å². The Morgan fingerprint density at radius 3 is 2.76 bits per heavy atom. The fraction of sp³-hybridized carbons (Fsp3) is 0.231. The van der Waals surface area contributed by atoms with Gasteiger partial charge in [0, 0.05) is 13.0 Å². The molecular formula is C13H12N2O2. The minimum atomic E-state index is -0.158. The molecule has 0 radical (unpaired) electrons. The molecule has 1 aliphatic rings. The van der Waals surface area contributed by atoms with Crippen LogP contribution in [-0.2, 0) is 13.0 Å². The maximum atomic E-state index is 12.2. The normalized spacial score (nSPS) is 13.6. The Morgan fingerprint density at radius 1 is 1.24 bits per heavy atom. The summed E-state index contributed by atoms with van der Waals surface area (Å²) in [6.07, 6.45) is 1.68. The highest BCUT2D eigenvalue weighted by molar-refractivity contribution is 5.67. The van der Waals surface area contributed by atoms with Gasteiger partial charge in [0.25, 0.3) is 5.56 Å². The van der Waals surface area contributed by atoms with Gasteiger partial charge in [-0.1, -0.05) is 30.3 Å². The van der Waals surface area contributed by atoms with E-state index in [0.29, 0.717) is 23.5 Å². The number of aromatic nitrogens is 2. The van der Waals surface area contributed by atoms with Crippen LogP contribution in [0.1, 0.15) is 12.2 Å². The van der Waals surface area contributed by atoms with Crippen molar-refractivity contribution in [2.75, 3.05) is 0 Å². The molecule has 0 fully saturated rings. The summed E-state index contributed by atoms with van der Waals surface area (Å²) < 4.78 is 1.65. The van der Waals surface area contributed by atoms with E-state index in [1.165, 1.54) is 0 Å². The van der Waals surface area contributed by atoms with E-state index in [9.17, 15) is 9.90 Å². The molecule has 0 spiro atoms. The lowest BCUT2D eigenvalue weighted by Gasteiger charge is -2.08. The topological polar surface area (TPSA) is 55.1 Å². The van der Waals surface area contributed by atoms with E-state index < -0.39 is 0 Å². The van der Waals surface area contributed by atoms with Gasteiger partial charge in [-0.05, 0) is 12.0 Å². The summed E-state index contributed by atoms with van der Waals surface area (Å²) in [5.74, 6) is 0.529. The van der Waals surface area contributed by atoms with Gasteiger partial charge in [-0.25, -0.2) is 0 Å². The zero-order valence-corrected chi connectivity index (χ0v) is 9.26. The summed E-state index contributed by atoms with van der Waals surface area (Å²) in [5.41, 5.74) is 0.872. The second-order valence-electron chi connectivity index (χ2n) is 4.15. The quantitative estimate of drug-likeness (QED) is 0.805. The summed E-state index contributed by atoms with van der Waals surface area (Å²) in [7, 11) is 0. The first-order valence-corrected chi connectivity index (χ1v) is 5.65. The number of aromatic hydroxyl groups is 1. The molecule has 17 heavy (non-hydrogen) atoms. The monoisotopic (exact) mass is 228 g/mol. The fourth-order valence-corrected chi connectivity index (χ4v) is 2.26. The predicted molar refractivity (Wildman–Crippen MR) is 63.9 cm³/mol. The van der Waals surface area contributed by atoms with Gasteiger partial charge in [0.05, 0.1) is 0 Å². The van der Waals surface area contributed by atoms with Gasteiger partial charge < -0.3 is 5.11 Å². The first-order chi connectivity index (χ1) is 8.27. The lowest BCUT2D eigenvalue weighted by Crippen LogP contribution is -2.22. The molecule has 86 valence electrons. The number of nitrogens with zero attached hydrogens (tertiary/aromatic N) is 2. The summed E-state index contributed by atoms with van der Waals surface area (Å²) in [6, 6.07) is 9.16. The van der Waals surface area contributed by atoms with Crippen molar-refractivity contribution in [2.45, 2.75) is 19.4 Å². The minimum Gasteiger partial charge on any atom is -0.493 e. The Hall–Kier alpha value is -2.10. The molecule has 0 unspecified atom stereocenters. The molecule has 1 aromatic heterocycles. The van der Waals surface area contributed by atoms with Crippen molar-refractivity contribution in [3.05, 3.63) is 46.5 Å². The third-order valence-corrected chi connectivity index (χ3v) is 3.07. The van der Waals surface area contributed by atoms with Crippen LogP contribution in [0.5, 0.6) is 5.88 Å². The Kier molecular flexibility index (Phi) is 2.21. The maximum Gasteiger partial charge on any atom is 0.265 e. The maximum absolute atomic E-state index is 12.2. The molecule has 4 nitrogen and oxygen atoms in total. The van der Waals surface area contributed by atoms with Crippen molar-refractivity contribution >= 4 is 0 Å². The van der Waals surface area contributed by atoms with Crippen molar-refractivity contribution in [2.24, 2.45) is 0 Å². The molecule has 0 atom stereocenters. The molecule has 1 aromatic carbocycles. The van der Waals surface area contributed by atoms with Gasteiger partial charge in [-0.2, -0.15) is 4.98 Å². The highest BCUT2D eigenvalue weighted by Gasteiger charge is 2.20. The number of hydrogen-bond donors (Lipinski definition) is 1. The van der Waals surface area contributed by atoms with Crippen molar-refractivity contribution < 1.29 is 5.11 Å². The molecule has 4 heteroatoms. The van der Waals surface area contributed by atoms with Gasteiger partial charge in [-0.3, -0.25) is 9.36 Å². The average molecular weight is 228 g/mol. The molecule has 1 N–H and O–H groups in total. The van der Waals surface area contributed by atoms with E-state index in [4.69, 9.17) is 0 Å². The van der Waals surface area contributed by atoms with Crippen LogP contribution >= 0.6 is 0 Å². The first-order valence-electron chi connectivity index (χ1n) is 5.65. The van der Waals surface area contributed by atoms with Crippen molar-refractivity contribution in [1.82, 2.24) is 9.55 Å². The Balaban J connectivity index is 2.28. The number of benzene rings is 1. The van der Waals surface area contributed by atoms with Crippen LogP contribution in [0.25, 0.3) is 11.1 Å². The Bertz CT molecular complexity index is 617. The third kappa shape index (κ3) is 1.53. The molecule has 0 saturated carbocycles. The lowest BCUT2D eigenvalue weighted by molar-refractivity contribution is 0.448. The molecule has 1 aliphatic heterocycles. The van der Waals surface area contributed by atoms with E-state index >= 15 is 0 Å². The van der Waals surface area contributed by atoms with E-state index in [1.807, 2.05) is 18.2 Å². The number of hydrogen-bond acceptors (Lipinski definition) is 3. The molecule has 2 aromatic rings. The average Bonchev–Trinajstić information content (AvgIpc) is 2.78. The van der Waals surface area contributed by atoms with Crippen LogP contribution in [-0.4, -0.2) is 14.7 Å². The predicted octanol–water partition coefficient (Wildman–Crippen LogP) is 1.56. The first kappa shape index (κ1) is 10.1. The lowest BCUT2D eigenvalue weighted by atomic mass is 10.1. The standard InChI is InChI=1S/C13H12N2O2/c16-12-11(9-5-2-1-3-6-9)13(17)15-8-4-7-10(15)14-12/h1-3,5-6,16H,4,7-8H2. The highest BCUT2D eigenvalue weighted by atomic mass is 16.3. The molecule has 0 aliphatic carbocycles. The van der Waals surface area contributed by atoms with Crippen molar-refractivity contribution in [3.63, 3.8) is 0 Å². The van der Waals surface area contributed by atoms with Gasteiger partial charge >= 0.3 is 0 Å². The number of rotatable bonds is 1. The van der Waals surface area contributed by atoms with Gasteiger partial charge in [0.1, 0.15) is 11.4 Å². The summed E-state index contributed by atoms with van der Waals surface area (Å²) in [5, 5.41) is 9.88. The molecular weight excluding hydrogens is 216 g/mol. The fourth-order valence-electron chi connectivity index (χ4n) is 2.26. The van der Waals surface area contributed by atoms with Gasteiger partial charge in [-0.15, -0.1) is 0 Å². The number of aryl methyl sites for hydroxylation is 1. The van der Waals surface area contributed by atoms with Crippen molar-refractivity contribution in [1.29, 1.82) is 0 Å². The summed E-state index contributed by atoms with van der Waals surface area (Å²) >= 11 is 0. The van der Waals surface area contributed by atoms with Crippen LogP contribution in [0.3, 0.4) is 0 Å². The Morgan fingerprint density at radius 2 is 2.00 bits per heavy atom. The molecule has 0 amide bonds. The zero-order chi connectivity index (χ0) is 11.8. The second-order valence-corrected chi connectivity index (χ2v) is 4.15. The largest absolute Gasteiger partial charge is 0.493 e. The summed E-state index contributed by atoms with van der Waals surface area (Å²) in [4.78, 5) is 16.4. The molecule has 3 rings (SSSR count). The van der Waals surface area contributed by atoms with Gasteiger partial charge in [0.15, 0.2) is 0 Å². The van der Waals surface area contributed by atoms with Crippen LogP contribution in [0, 0.1) is 0 Å². The molecule has 0 bridgehead atoms. The van der Waals surface area contributed by atoms with E-state index in [0.717, 1.165) is 12.8 Å². The SMILES string of the molecule is O=c1c(-c2ccccc2)c(O)nc2n1CCC2. The molecule has 0 saturated heterocycles. The van der Waals surface area contributed by atoms with Gasteiger partial charge in [0.2, 0.25) is 5.88 Å². The third-order valence-electron chi connectivity index (χ3n) is 3.07. The van der Waals surface area contributed by atoms with E-state index in [-0.39, 0.29) is 11.4 Å². The van der Waals surface area contributed by atoms with Crippen LogP contribution in [0.15, 0.2) is 35.1 Å². The smallest absolute Gasteiger partial charge is 0.265 e. The van der Waals surface area contributed by atoms with E-state index in [1.54, 1.807) is 16.7 Å². The second kappa shape index (κ2) is 3.73. The van der Waals surface area contributed by atoms with Crippen LogP contribution < -0.4 is 5.56 Å². The van der Waals surface area contributed by atoms with E-state index in [2.05, 4.69) is 4.98 Å². The highest BCUT2D eigenvalue weighted by Crippen LogP contribution is 2.25. The number of fused-ring (bicyclic) bond motifs is 1. The summed E-state index contributed by atoms with van der Waals surface area (Å²) in [6.45, 7) is 0.696. The Labute approximate surface area is 98.2 Å². The van der Waals surface area contributed by atoms with Crippen LogP contribution in [0.4, 0.5) is 0 Å². The minimum absolute atomic E-state index is 0.142. The zero-order valence-electron chi connectivity index (χ0n) is 9.26. The molecule has 2 heterocycles.